The van der Waals surface area contributed by atoms with Crippen LogP contribution in [0.2, 0.25) is 0 Å². The summed E-state index contributed by atoms with van der Waals surface area (Å²) in [6.07, 6.45) is 1.66. The molecule has 19 heavy (non-hydrogen) atoms. The van der Waals surface area contributed by atoms with Crippen molar-refractivity contribution in [3.63, 3.8) is 0 Å². The highest BCUT2D eigenvalue weighted by Crippen LogP contribution is 2.25. The third-order valence-electron chi connectivity index (χ3n) is 2.11. The molecular weight excluding hydrogens is 330 g/mol. The molecule has 0 unspecified atom stereocenters. The molecule has 5 nitrogen and oxygen atoms in total. The van der Waals surface area contributed by atoms with E-state index in [0.29, 0.717) is 27.4 Å². The van der Waals surface area contributed by atoms with Crippen LogP contribution in [0.25, 0.3) is 0 Å². The van der Waals surface area contributed by atoms with Crippen molar-refractivity contribution in [2.45, 2.75) is 0 Å². The van der Waals surface area contributed by atoms with Crippen molar-refractivity contribution in [3.05, 3.63) is 40.9 Å². The van der Waals surface area contributed by atoms with Gasteiger partial charge in [-0.1, -0.05) is 6.08 Å². The van der Waals surface area contributed by atoms with E-state index in [9.17, 15) is 4.79 Å². The first-order valence-electron chi connectivity index (χ1n) is 5.37. The predicted molar refractivity (Wildman–Crippen MR) is 82.1 cm³/mol. The lowest BCUT2D eigenvalue weighted by Gasteiger charge is -2.11. The van der Waals surface area contributed by atoms with Crippen LogP contribution >= 0.6 is 28.1 Å². The number of hydrogen-bond donors (Lipinski definition) is 3. The number of carbonyl (C=O) groups excluding carboxylic acids is 1. The third-order valence-corrected chi connectivity index (χ3v) is 2.98. The van der Waals surface area contributed by atoms with E-state index >= 15 is 0 Å². The molecule has 7 heteroatoms. The van der Waals surface area contributed by atoms with Crippen LogP contribution in [0, 0.1) is 0 Å². The van der Waals surface area contributed by atoms with Crippen molar-refractivity contribution in [3.8, 4) is 5.75 Å². The molecule has 0 aliphatic carbocycles. The largest absolute Gasteiger partial charge is 0.496 e. The Kier molecular flexibility index (Phi) is 6.31. The van der Waals surface area contributed by atoms with Gasteiger partial charge in [-0.05, 0) is 46.3 Å². The van der Waals surface area contributed by atoms with E-state index in [0.717, 1.165) is 0 Å². The highest BCUT2D eigenvalue weighted by Gasteiger charge is 2.08. The summed E-state index contributed by atoms with van der Waals surface area (Å²) >= 11 is 8.25. The molecular formula is C12H14BrN3O2S. The number of hydrogen-bond acceptors (Lipinski definition) is 3. The summed E-state index contributed by atoms with van der Waals surface area (Å²) in [5.41, 5.74) is 5.55. The molecule has 0 spiro atoms. The minimum atomic E-state index is -0.300. The highest BCUT2D eigenvalue weighted by atomic mass is 79.9. The second kappa shape index (κ2) is 7.75. The maximum atomic E-state index is 11.8. The van der Waals surface area contributed by atoms with Crippen molar-refractivity contribution >= 4 is 39.2 Å². The summed E-state index contributed by atoms with van der Waals surface area (Å²) in [5.74, 6) is 0.360. The van der Waals surface area contributed by atoms with Gasteiger partial charge in [0.15, 0.2) is 5.11 Å². The maximum Gasteiger partial charge on any atom is 0.269 e. The Labute approximate surface area is 125 Å². The van der Waals surface area contributed by atoms with Crippen molar-refractivity contribution < 1.29 is 9.53 Å². The minimum absolute atomic E-state index is 0.300. The van der Waals surface area contributed by atoms with Crippen LogP contribution in [0.1, 0.15) is 10.4 Å². The Hall–Kier alpha value is -1.60. The quantitative estimate of drug-likeness (QED) is 0.441. The van der Waals surface area contributed by atoms with E-state index in [-0.39, 0.29) is 5.91 Å². The average molecular weight is 344 g/mol. The van der Waals surface area contributed by atoms with Gasteiger partial charge in [0.2, 0.25) is 0 Å². The topological polar surface area (TPSA) is 62.4 Å². The second-order valence-electron chi connectivity index (χ2n) is 3.43. The van der Waals surface area contributed by atoms with Crippen LogP contribution in [0.4, 0.5) is 0 Å². The van der Waals surface area contributed by atoms with E-state index in [1.807, 2.05) is 0 Å². The lowest BCUT2D eigenvalue weighted by atomic mass is 10.2. The van der Waals surface area contributed by atoms with Gasteiger partial charge in [0.1, 0.15) is 5.75 Å². The monoisotopic (exact) mass is 343 g/mol. The molecule has 1 rings (SSSR count). The van der Waals surface area contributed by atoms with Crippen molar-refractivity contribution in [1.29, 1.82) is 0 Å². The smallest absolute Gasteiger partial charge is 0.269 e. The summed E-state index contributed by atoms with van der Waals surface area (Å²) in [7, 11) is 1.56. The molecule has 0 radical (unpaired) electrons. The summed E-state index contributed by atoms with van der Waals surface area (Å²) in [6.45, 7) is 4.07. The molecule has 0 aliphatic rings. The van der Waals surface area contributed by atoms with Gasteiger partial charge >= 0.3 is 0 Å². The van der Waals surface area contributed by atoms with E-state index < -0.39 is 0 Å². The van der Waals surface area contributed by atoms with Crippen LogP contribution in [0.3, 0.4) is 0 Å². The van der Waals surface area contributed by atoms with Gasteiger partial charge < -0.3 is 10.1 Å². The molecule has 0 aliphatic heterocycles. The van der Waals surface area contributed by atoms with Crippen LogP contribution < -0.4 is 20.9 Å². The second-order valence-corrected chi connectivity index (χ2v) is 4.69. The lowest BCUT2D eigenvalue weighted by Crippen LogP contribution is -2.46. The summed E-state index contributed by atoms with van der Waals surface area (Å²) in [4.78, 5) is 11.8. The Balaban J connectivity index is 2.56. The van der Waals surface area contributed by atoms with Crippen LogP contribution in [0.15, 0.2) is 35.3 Å². The van der Waals surface area contributed by atoms with Crippen LogP contribution in [0.5, 0.6) is 5.75 Å². The number of ether oxygens (including phenoxy) is 1. The predicted octanol–water partition coefficient (Wildman–Crippen LogP) is 1.75. The lowest BCUT2D eigenvalue weighted by molar-refractivity contribution is 0.0943. The first-order valence-corrected chi connectivity index (χ1v) is 6.57. The van der Waals surface area contributed by atoms with Gasteiger partial charge in [0.05, 0.1) is 11.6 Å². The van der Waals surface area contributed by atoms with Crippen molar-refractivity contribution in [1.82, 2.24) is 16.2 Å². The number of rotatable bonds is 4. The van der Waals surface area contributed by atoms with E-state index in [4.69, 9.17) is 17.0 Å². The van der Waals surface area contributed by atoms with Gasteiger partial charge in [-0.3, -0.25) is 15.6 Å². The molecule has 1 amide bonds. The Bertz CT molecular complexity index is 494. The van der Waals surface area contributed by atoms with Crippen LogP contribution in [-0.2, 0) is 0 Å². The average Bonchev–Trinajstić information content (AvgIpc) is 2.42. The molecule has 0 atom stereocenters. The number of carbonyl (C=O) groups is 1. The number of nitrogens with one attached hydrogen (secondary N) is 3. The molecule has 0 heterocycles. The molecule has 0 fully saturated rings. The van der Waals surface area contributed by atoms with Gasteiger partial charge in [-0.2, -0.15) is 0 Å². The molecule has 0 saturated heterocycles. The van der Waals surface area contributed by atoms with Gasteiger partial charge in [0.25, 0.3) is 5.91 Å². The Morgan fingerprint density at radius 2 is 2.26 bits per heavy atom. The van der Waals surface area contributed by atoms with Gasteiger partial charge in [-0.25, -0.2) is 0 Å². The minimum Gasteiger partial charge on any atom is -0.496 e. The zero-order valence-electron chi connectivity index (χ0n) is 10.3. The summed E-state index contributed by atoms with van der Waals surface area (Å²) in [6, 6.07) is 5.02. The van der Waals surface area contributed by atoms with Crippen molar-refractivity contribution in [2.75, 3.05) is 13.7 Å². The molecule has 0 aromatic heterocycles. The third kappa shape index (κ3) is 4.88. The van der Waals surface area contributed by atoms with E-state index in [1.165, 1.54) is 0 Å². The number of methoxy groups -OCH3 is 1. The fourth-order valence-electron chi connectivity index (χ4n) is 1.20. The summed E-state index contributed by atoms with van der Waals surface area (Å²) < 4.78 is 5.79. The number of benzene rings is 1. The molecule has 3 N–H and O–H groups in total. The normalized spacial score (nSPS) is 9.37. The molecule has 1 aromatic rings. The maximum absolute atomic E-state index is 11.8. The number of halogens is 1. The van der Waals surface area contributed by atoms with E-state index in [2.05, 4.69) is 38.7 Å². The van der Waals surface area contributed by atoms with E-state index in [1.54, 1.807) is 31.4 Å². The highest BCUT2D eigenvalue weighted by molar-refractivity contribution is 9.10. The molecule has 0 saturated carbocycles. The molecule has 102 valence electrons. The van der Waals surface area contributed by atoms with Crippen molar-refractivity contribution in [2.24, 2.45) is 0 Å². The SMILES string of the molecule is C=CCNC(=S)NNC(=O)c1ccc(OC)c(Br)c1. The number of thiocarbonyl (C=S) groups is 1. The summed E-state index contributed by atoms with van der Waals surface area (Å²) in [5, 5.41) is 3.15. The first-order chi connectivity index (χ1) is 9.08. The fraction of sp³-hybridized carbons (Fsp3) is 0.167. The van der Waals surface area contributed by atoms with Gasteiger partial charge in [-0.15, -0.1) is 6.58 Å². The zero-order valence-corrected chi connectivity index (χ0v) is 12.7. The Morgan fingerprint density at radius 3 is 2.84 bits per heavy atom. The van der Waals surface area contributed by atoms with Crippen LogP contribution in [-0.4, -0.2) is 24.7 Å². The fourth-order valence-corrected chi connectivity index (χ4v) is 1.88. The van der Waals surface area contributed by atoms with Gasteiger partial charge in [0, 0.05) is 12.1 Å². The number of amides is 1. The number of hydrazine groups is 1. The Morgan fingerprint density at radius 1 is 1.53 bits per heavy atom. The molecule has 1 aromatic carbocycles. The zero-order chi connectivity index (χ0) is 14.3. The first kappa shape index (κ1) is 15.5. The molecule has 0 bridgehead atoms. The standard InChI is InChI=1S/C12H14BrN3O2S/c1-3-6-14-12(19)16-15-11(17)8-4-5-10(18-2)9(13)7-8/h3-5,7H,1,6H2,2H3,(H,15,17)(H2,14,16,19).